The summed E-state index contributed by atoms with van der Waals surface area (Å²) in [6, 6.07) is -0.832. The topological polar surface area (TPSA) is 75.6 Å². The Bertz CT molecular complexity index is 271. The van der Waals surface area contributed by atoms with E-state index in [0.29, 0.717) is 13.0 Å². The molecule has 0 rings (SSSR count). The van der Waals surface area contributed by atoms with Crippen molar-refractivity contribution in [1.29, 1.82) is 0 Å². The predicted molar refractivity (Wildman–Crippen MR) is 69.4 cm³/mol. The lowest BCUT2D eigenvalue weighted by Gasteiger charge is -2.21. The Hall–Kier alpha value is -1.10. The van der Waals surface area contributed by atoms with Gasteiger partial charge in [0.05, 0.1) is 0 Å². The summed E-state index contributed by atoms with van der Waals surface area (Å²) in [6.45, 7) is 8.50. The molecule has 1 unspecified atom stereocenters. The van der Waals surface area contributed by atoms with Gasteiger partial charge in [-0.1, -0.05) is 27.7 Å². The molecule has 5 heteroatoms. The highest BCUT2D eigenvalue weighted by Crippen LogP contribution is 2.21. The van der Waals surface area contributed by atoms with Crippen LogP contribution in [0.3, 0.4) is 0 Å². The van der Waals surface area contributed by atoms with Crippen LogP contribution in [-0.2, 0) is 14.3 Å². The van der Waals surface area contributed by atoms with E-state index in [1.807, 2.05) is 27.7 Å². The monoisotopic (exact) mass is 259 g/mol. The number of hydrogen-bond donors (Lipinski definition) is 2. The van der Waals surface area contributed by atoms with Crippen molar-refractivity contribution < 1.29 is 19.4 Å². The average Bonchev–Trinajstić information content (AvgIpc) is 2.22. The van der Waals surface area contributed by atoms with E-state index < -0.39 is 12.0 Å². The van der Waals surface area contributed by atoms with Crippen molar-refractivity contribution in [1.82, 2.24) is 5.32 Å². The molecule has 106 valence electrons. The molecule has 18 heavy (non-hydrogen) atoms. The van der Waals surface area contributed by atoms with E-state index in [1.165, 1.54) is 0 Å². The molecule has 0 radical (unpaired) electrons. The van der Waals surface area contributed by atoms with Gasteiger partial charge in [0.15, 0.2) is 0 Å². The maximum Gasteiger partial charge on any atom is 0.326 e. The number of hydrogen-bond acceptors (Lipinski definition) is 3. The summed E-state index contributed by atoms with van der Waals surface area (Å²) in [7, 11) is 0. The molecule has 5 nitrogen and oxygen atoms in total. The molecule has 0 bridgehead atoms. The SMILES string of the molecule is CCCOCC(=O)NC(CCC(C)(C)C)C(=O)O. The second-order valence-corrected chi connectivity index (χ2v) is 5.61. The molecule has 0 aliphatic rings. The van der Waals surface area contributed by atoms with E-state index in [4.69, 9.17) is 9.84 Å². The van der Waals surface area contributed by atoms with Crippen molar-refractivity contribution >= 4 is 11.9 Å². The van der Waals surface area contributed by atoms with Gasteiger partial charge in [0, 0.05) is 6.61 Å². The lowest BCUT2D eigenvalue weighted by Crippen LogP contribution is -2.43. The van der Waals surface area contributed by atoms with Gasteiger partial charge in [0.2, 0.25) is 5.91 Å². The first-order chi connectivity index (χ1) is 8.26. The van der Waals surface area contributed by atoms with Crippen molar-refractivity contribution in [3.8, 4) is 0 Å². The molecule has 0 aliphatic carbocycles. The number of carboxylic acids is 1. The van der Waals surface area contributed by atoms with E-state index in [0.717, 1.165) is 12.8 Å². The zero-order valence-electron chi connectivity index (χ0n) is 11.8. The maximum absolute atomic E-state index is 11.5. The molecule has 0 aromatic carbocycles. The minimum atomic E-state index is -0.997. The van der Waals surface area contributed by atoms with Crippen LogP contribution in [0.2, 0.25) is 0 Å². The zero-order chi connectivity index (χ0) is 14.2. The number of nitrogens with one attached hydrogen (secondary N) is 1. The van der Waals surface area contributed by atoms with E-state index in [-0.39, 0.29) is 17.9 Å². The second-order valence-electron chi connectivity index (χ2n) is 5.61. The molecule has 0 aliphatic heterocycles. The third-order valence-electron chi connectivity index (χ3n) is 2.40. The summed E-state index contributed by atoms with van der Waals surface area (Å²) in [5.74, 6) is -1.37. The molecule has 0 saturated heterocycles. The van der Waals surface area contributed by atoms with Gasteiger partial charge in [0.1, 0.15) is 12.6 Å². The van der Waals surface area contributed by atoms with Gasteiger partial charge in [0.25, 0.3) is 0 Å². The van der Waals surface area contributed by atoms with Crippen LogP contribution in [0, 0.1) is 5.41 Å². The summed E-state index contributed by atoms with van der Waals surface area (Å²) in [6.07, 6.45) is 2.00. The Labute approximate surface area is 109 Å². The van der Waals surface area contributed by atoms with Crippen LogP contribution in [0.5, 0.6) is 0 Å². The van der Waals surface area contributed by atoms with Crippen LogP contribution in [0.15, 0.2) is 0 Å². The van der Waals surface area contributed by atoms with E-state index in [2.05, 4.69) is 5.32 Å². The Morgan fingerprint density at radius 3 is 2.39 bits per heavy atom. The molecule has 0 saturated carbocycles. The lowest BCUT2D eigenvalue weighted by molar-refractivity contribution is -0.142. The number of amides is 1. The minimum Gasteiger partial charge on any atom is -0.480 e. The van der Waals surface area contributed by atoms with E-state index >= 15 is 0 Å². The summed E-state index contributed by atoms with van der Waals surface area (Å²) in [5.41, 5.74) is 0.0527. The smallest absolute Gasteiger partial charge is 0.326 e. The van der Waals surface area contributed by atoms with Crippen LogP contribution in [0.4, 0.5) is 0 Å². The summed E-state index contributed by atoms with van der Waals surface area (Å²) >= 11 is 0. The van der Waals surface area contributed by atoms with Crippen molar-refractivity contribution in [3.63, 3.8) is 0 Å². The molecule has 0 fully saturated rings. The van der Waals surface area contributed by atoms with Gasteiger partial charge in [-0.2, -0.15) is 0 Å². The first kappa shape index (κ1) is 16.9. The Kier molecular flexibility index (Phi) is 7.59. The summed E-state index contributed by atoms with van der Waals surface area (Å²) in [5, 5.41) is 11.5. The van der Waals surface area contributed by atoms with Gasteiger partial charge in [-0.15, -0.1) is 0 Å². The minimum absolute atomic E-state index is 0.0527. The normalized spacial score (nSPS) is 13.1. The quantitative estimate of drug-likeness (QED) is 0.652. The van der Waals surface area contributed by atoms with Crippen molar-refractivity contribution in [3.05, 3.63) is 0 Å². The van der Waals surface area contributed by atoms with Crippen LogP contribution in [0.25, 0.3) is 0 Å². The molecule has 0 heterocycles. The number of ether oxygens (including phenoxy) is 1. The lowest BCUT2D eigenvalue weighted by atomic mass is 9.88. The second kappa shape index (κ2) is 8.08. The number of carbonyl (C=O) groups is 2. The zero-order valence-corrected chi connectivity index (χ0v) is 11.8. The van der Waals surface area contributed by atoms with Crippen LogP contribution in [-0.4, -0.2) is 36.2 Å². The fourth-order valence-corrected chi connectivity index (χ4v) is 1.38. The summed E-state index contributed by atoms with van der Waals surface area (Å²) < 4.78 is 5.07. The standard InChI is InChI=1S/C13H25NO4/c1-5-8-18-9-11(15)14-10(12(16)17)6-7-13(2,3)4/h10H,5-9H2,1-4H3,(H,14,15)(H,16,17). The number of carbonyl (C=O) groups excluding carboxylic acids is 1. The Morgan fingerprint density at radius 1 is 1.33 bits per heavy atom. The third-order valence-corrected chi connectivity index (χ3v) is 2.40. The highest BCUT2D eigenvalue weighted by atomic mass is 16.5. The third kappa shape index (κ3) is 8.98. The largest absolute Gasteiger partial charge is 0.480 e. The van der Waals surface area contributed by atoms with Crippen molar-refractivity contribution in [2.45, 2.75) is 53.0 Å². The van der Waals surface area contributed by atoms with Gasteiger partial charge in [-0.05, 0) is 24.7 Å². The molecule has 0 aromatic rings. The fourth-order valence-electron chi connectivity index (χ4n) is 1.38. The van der Waals surface area contributed by atoms with Crippen LogP contribution in [0.1, 0.15) is 47.0 Å². The van der Waals surface area contributed by atoms with Gasteiger partial charge in [-0.25, -0.2) is 4.79 Å². The van der Waals surface area contributed by atoms with Gasteiger partial charge in [-0.3, -0.25) is 4.79 Å². The Balaban J connectivity index is 4.11. The van der Waals surface area contributed by atoms with Gasteiger partial charge >= 0.3 is 5.97 Å². The summed E-state index contributed by atoms with van der Waals surface area (Å²) in [4.78, 5) is 22.5. The highest BCUT2D eigenvalue weighted by Gasteiger charge is 2.22. The average molecular weight is 259 g/mol. The maximum atomic E-state index is 11.5. The molecule has 1 atom stereocenters. The van der Waals surface area contributed by atoms with Crippen molar-refractivity contribution in [2.75, 3.05) is 13.2 Å². The van der Waals surface area contributed by atoms with Crippen molar-refractivity contribution in [2.24, 2.45) is 5.41 Å². The van der Waals surface area contributed by atoms with Gasteiger partial charge < -0.3 is 15.2 Å². The first-order valence-corrected chi connectivity index (χ1v) is 6.36. The molecule has 0 spiro atoms. The Morgan fingerprint density at radius 2 is 1.94 bits per heavy atom. The fraction of sp³-hybridized carbons (Fsp3) is 0.846. The molecule has 2 N–H and O–H groups in total. The number of aliphatic carboxylic acids is 1. The molecule has 1 amide bonds. The van der Waals surface area contributed by atoms with Crippen LogP contribution < -0.4 is 5.32 Å². The molecular formula is C13H25NO4. The number of carboxylic acid groups (broad SMARTS) is 1. The van der Waals surface area contributed by atoms with E-state index in [1.54, 1.807) is 0 Å². The first-order valence-electron chi connectivity index (χ1n) is 6.36. The molecular weight excluding hydrogens is 234 g/mol. The highest BCUT2D eigenvalue weighted by molar-refractivity contribution is 5.84. The van der Waals surface area contributed by atoms with Crippen LogP contribution >= 0.6 is 0 Å². The van der Waals surface area contributed by atoms with E-state index in [9.17, 15) is 9.59 Å². The molecule has 0 aromatic heterocycles. The number of rotatable bonds is 8. The predicted octanol–water partition coefficient (Wildman–Crippen LogP) is 1.81.